The number of carbonyl (C=O) groups excluding carboxylic acids is 1. The van der Waals surface area contributed by atoms with E-state index in [1.807, 2.05) is 43.3 Å². The molecular formula is C31H28FIN2O5. The molecule has 1 amide bonds. The zero-order valence-electron chi connectivity index (χ0n) is 22.0. The summed E-state index contributed by atoms with van der Waals surface area (Å²) in [4.78, 5) is 12.7. The second kappa shape index (κ2) is 14.3. The number of methoxy groups -OCH3 is 1. The third-order valence-electron chi connectivity index (χ3n) is 5.67. The number of hydrazone groups is 1. The first kappa shape index (κ1) is 28.9. The topological polar surface area (TPSA) is 78.4 Å². The van der Waals surface area contributed by atoms with Gasteiger partial charge in [0, 0.05) is 5.56 Å². The lowest BCUT2D eigenvalue weighted by Gasteiger charge is -2.15. The van der Waals surface area contributed by atoms with E-state index in [4.69, 9.17) is 18.9 Å². The van der Waals surface area contributed by atoms with E-state index in [0.717, 1.165) is 14.7 Å². The van der Waals surface area contributed by atoms with Crippen molar-refractivity contribution in [3.05, 3.63) is 117 Å². The molecule has 0 aliphatic carbocycles. The van der Waals surface area contributed by atoms with Crippen LogP contribution >= 0.6 is 22.6 Å². The maximum Gasteiger partial charge on any atom is 0.271 e. The number of carbonyl (C=O) groups is 1. The molecule has 4 aromatic rings. The standard InChI is InChI=1S/C31H28FIN2O5/c1-3-38-29-16-23(15-26(33)30(29)40-20-22-9-12-25(32)13-10-22)18-34-35-31(36)24-11-14-27(28(17-24)37-2)39-19-21-7-5-4-6-8-21/h4-18H,3,19-20H2,1-2H3,(H,35,36)/b34-18+. The molecule has 0 saturated heterocycles. The Kier molecular flexibility index (Phi) is 10.3. The van der Waals surface area contributed by atoms with Crippen LogP contribution in [0.5, 0.6) is 23.0 Å². The lowest BCUT2D eigenvalue weighted by molar-refractivity contribution is 0.0954. The van der Waals surface area contributed by atoms with E-state index < -0.39 is 5.91 Å². The highest BCUT2D eigenvalue weighted by molar-refractivity contribution is 14.1. The van der Waals surface area contributed by atoms with Crippen molar-refractivity contribution in [1.29, 1.82) is 0 Å². The van der Waals surface area contributed by atoms with Gasteiger partial charge >= 0.3 is 0 Å². The van der Waals surface area contributed by atoms with Crippen LogP contribution in [0.25, 0.3) is 0 Å². The van der Waals surface area contributed by atoms with Gasteiger partial charge in [-0.2, -0.15) is 5.10 Å². The van der Waals surface area contributed by atoms with Gasteiger partial charge < -0.3 is 18.9 Å². The quantitative estimate of drug-likeness (QED) is 0.104. The molecule has 1 N–H and O–H groups in total. The average molecular weight is 654 g/mol. The van der Waals surface area contributed by atoms with Gasteiger partial charge in [0.15, 0.2) is 23.0 Å². The first-order valence-electron chi connectivity index (χ1n) is 12.5. The molecule has 0 atom stereocenters. The number of amides is 1. The van der Waals surface area contributed by atoms with Crippen molar-refractivity contribution in [2.75, 3.05) is 13.7 Å². The van der Waals surface area contributed by atoms with Crippen molar-refractivity contribution in [3.63, 3.8) is 0 Å². The second-order valence-electron chi connectivity index (χ2n) is 8.52. The van der Waals surface area contributed by atoms with Gasteiger partial charge in [0.05, 0.1) is 23.5 Å². The minimum atomic E-state index is -0.400. The highest BCUT2D eigenvalue weighted by atomic mass is 127. The average Bonchev–Trinajstić information content (AvgIpc) is 2.97. The zero-order chi connectivity index (χ0) is 28.3. The normalized spacial score (nSPS) is 10.8. The Morgan fingerprint density at radius 2 is 1.60 bits per heavy atom. The van der Waals surface area contributed by atoms with E-state index in [1.165, 1.54) is 25.5 Å². The van der Waals surface area contributed by atoms with E-state index in [0.29, 0.717) is 47.3 Å². The fourth-order valence-electron chi connectivity index (χ4n) is 3.69. The lowest BCUT2D eigenvalue weighted by atomic mass is 10.2. The molecule has 0 aromatic heterocycles. The first-order valence-corrected chi connectivity index (χ1v) is 13.6. The van der Waals surface area contributed by atoms with Gasteiger partial charge in [0.25, 0.3) is 5.91 Å². The van der Waals surface area contributed by atoms with E-state index in [2.05, 4.69) is 33.1 Å². The monoisotopic (exact) mass is 654 g/mol. The number of hydrogen-bond donors (Lipinski definition) is 1. The highest BCUT2D eigenvalue weighted by Crippen LogP contribution is 2.34. The van der Waals surface area contributed by atoms with Gasteiger partial charge in [-0.25, -0.2) is 9.82 Å². The number of hydrogen-bond acceptors (Lipinski definition) is 6. The molecule has 4 rings (SSSR count). The fourth-order valence-corrected chi connectivity index (χ4v) is 4.48. The molecule has 0 spiro atoms. The summed E-state index contributed by atoms with van der Waals surface area (Å²) in [6.45, 7) is 2.96. The van der Waals surface area contributed by atoms with E-state index >= 15 is 0 Å². The Labute approximate surface area is 246 Å². The summed E-state index contributed by atoms with van der Waals surface area (Å²) in [6, 6.07) is 24.5. The van der Waals surface area contributed by atoms with Crippen LogP contribution in [0.4, 0.5) is 4.39 Å². The van der Waals surface area contributed by atoms with Gasteiger partial charge in [-0.15, -0.1) is 0 Å². The molecule has 0 aliphatic heterocycles. The van der Waals surface area contributed by atoms with E-state index in [-0.39, 0.29) is 12.4 Å². The number of halogens is 2. The van der Waals surface area contributed by atoms with Crippen molar-refractivity contribution in [2.45, 2.75) is 20.1 Å². The number of nitrogens with zero attached hydrogens (tertiary/aromatic N) is 1. The van der Waals surface area contributed by atoms with Crippen molar-refractivity contribution >= 4 is 34.7 Å². The summed E-state index contributed by atoms with van der Waals surface area (Å²) in [5, 5.41) is 4.11. The molecule has 206 valence electrons. The van der Waals surface area contributed by atoms with Gasteiger partial charge in [-0.3, -0.25) is 4.79 Å². The zero-order valence-corrected chi connectivity index (χ0v) is 24.2. The van der Waals surface area contributed by atoms with Crippen LogP contribution in [0.1, 0.15) is 34.0 Å². The Hall–Kier alpha value is -4.12. The molecule has 0 unspecified atom stereocenters. The van der Waals surface area contributed by atoms with Gasteiger partial charge in [0.1, 0.15) is 19.0 Å². The molecule has 0 aliphatic rings. The number of rotatable bonds is 12. The van der Waals surface area contributed by atoms with Crippen LogP contribution in [0.15, 0.2) is 90.0 Å². The molecule has 9 heteroatoms. The maximum absolute atomic E-state index is 13.2. The van der Waals surface area contributed by atoms with Crippen molar-refractivity contribution in [1.82, 2.24) is 5.43 Å². The number of benzene rings is 4. The summed E-state index contributed by atoms with van der Waals surface area (Å²) in [5.74, 6) is 1.40. The van der Waals surface area contributed by atoms with Gasteiger partial charge in [-0.1, -0.05) is 42.5 Å². The molecule has 0 bridgehead atoms. The summed E-state index contributed by atoms with van der Waals surface area (Å²) in [6.07, 6.45) is 1.53. The third-order valence-corrected chi connectivity index (χ3v) is 6.47. The van der Waals surface area contributed by atoms with E-state index in [1.54, 1.807) is 36.4 Å². The lowest BCUT2D eigenvalue weighted by Crippen LogP contribution is -2.17. The Bertz CT molecular complexity index is 1460. The summed E-state index contributed by atoms with van der Waals surface area (Å²) in [5.41, 5.74) is 5.48. The van der Waals surface area contributed by atoms with Crippen LogP contribution in [-0.4, -0.2) is 25.8 Å². The smallest absolute Gasteiger partial charge is 0.271 e. The number of nitrogens with one attached hydrogen (secondary N) is 1. The minimum Gasteiger partial charge on any atom is -0.493 e. The summed E-state index contributed by atoms with van der Waals surface area (Å²) >= 11 is 2.16. The number of ether oxygens (including phenoxy) is 4. The summed E-state index contributed by atoms with van der Waals surface area (Å²) in [7, 11) is 1.52. The highest BCUT2D eigenvalue weighted by Gasteiger charge is 2.14. The molecular weight excluding hydrogens is 626 g/mol. The third kappa shape index (κ3) is 7.95. The molecule has 7 nitrogen and oxygen atoms in total. The van der Waals surface area contributed by atoms with Crippen LogP contribution in [0.3, 0.4) is 0 Å². The molecule has 0 fully saturated rings. The van der Waals surface area contributed by atoms with Crippen LogP contribution in [0, 0.1) is 9.39 Å². The maximum atomic E-state index is 13.2. The first-order chi connectivity index (χ1) is 19.5. The molecule has 0 radical (unpaired) electrons. The predicted octanol–water partition coefficient (Wildman–Crippen LogP) is 6.76. The Morgan fingerprint density at radius 1 is 0.875 bits per heavy atom. The molecule has 40 heavy (non-hydrogen) atoms. The fraction of sp³-hybridized carbons (Fsp3) is 0.161. The molecule has 0 saturated carbocycles. The van der Waals surface area contributed by atoms with Gasteiger partial charge in [-0.05, 0) is 88.7 Å². The van der Waals surface area contributed by atoms with Crippen LogP contribution in [-0.2, 0) is 13.2 Å². The largest absolute Gasteiger partial charge is 0.493 e. The van der Waals surface area contributed by atoms with Crippen LogP contribution in [0.2, 0.25) is 0 Å². The van der Waals surface area contributed by atoms with Crippen molar-refractivity contribution < 1.29 is 28.1 Å². The minimum absolute atomic E-state index is 0.263. The SMILES string of the molecule is CCOc1cc(/C=N/NC(=O)c2ccc(OCc3ccccc3)c(OC)c2)cc(I)c1OCc1ccc(F)cc1. The second-order valence-corrected chi connectivity index (χ2v) is 9.68. The molecule has 0 heterocycles. The predicted molar refractivity (Wildman–Crippen MR) is 160 cm³/mol. The Morgan fingerprint density at radius 3 is 2.33 bits per heavy atom. The molecule has 4 aromatic carbocycles. The van der Waals surface area contributed by atoms with Gasteiger partial charge in [0.2, 0.25) is 0 Å². The van der Waals surface area contributed by atoms with Crippen molar-refractivity contribution in [3.8, 4) is 23.0 Å². The van der Waals surface area contributed by atoms with Crippen LogP contribution < -0.4 is 24.4 Å². The van der Waals surface area contributed by atoms with E-state index in [9.17, 15) is 9.18 Å². The summed E-state index contributed by atoms with van der Waals surface area (Å²) < 4.78 is 37.0. The Balaban J connectivity index is 1.40. The van der Waals surface area contributed by atoms with Crippen molar-refractivity contribution in [2.24, 2.45) is 5.10 Å².